The number of primary amides is 1. The largest absolute Gasteiger partial charge is 0.465 e. The zero-order valence-corrected chi connectivity index (χ0v) is 16.4. The van der Waals surface area contributed by atoms with Crippen molar-refractivity contribution in [3.05, 3.63) is 89.4 Å². The third-order valence-corrected chi connectivity index (χ3v) is 4.39. The molecule has 0 fully saturated rings. The predicted octanol–water partition coefficient (Wildman–Crippen LogP) is 5.55. The van der Waals surface area contributed by atoms with Gasteiger partial charge in [0.15, 0.2) is 0 Å². The summed E-state index contributed by atoms with van der Waals surface area (Å²) in [5.74, 6) is -2.50. The lowest BCUT2D eigenvalue weighted by molar-refractivity contribution is -0.138. The zero-order valence-electron chi connectivity index (χ0n) is 16.4. The molecule has 33 heavy (non-hydrogen) atoms. The second-order valence-electron chi connectivity index (χ2n) is 6.67. The topological polar surface area (TPSA) is 76.5 Å². The van der Waals surface area contributed by atoms with Gasteiger partial charge >= 0.3 is 12.4 Å². The lowest BCUT2D eigenvalue weighted by atomic mass is 10.1. The maximum absolute atomic E-state index is 13.3. The molecule has 2 N–H and O–H groups in total. The number of nitrogens with zero attached hydrogens (tertiary/aromatic N) is 1. The molecule has 5 nitrogen and oxygen atoms in total. The average molecular weight is 468 g/mol. The summed E-state index contributed by atoms with van der Waals surface area (Å²) in [6, 6.07) is 9.53. The van der Waals surface area contributed by atoms with Crippen LogP contribution in [0.5, 0.6) is 0 Å². The Kier molecular flexibility index (Phi) is 6.34. The number of nitrogens with two attached hydrogens (primary N) is 1. The molecule has 0 radical (unpaired) electrons. The van der Waals surface area contributed by atoms with Crippen LogP contribution in [0.25, 0.3) is 6.08 Å². The Balaban J connectivity index is 2.22. The maximum atomic E-state index is 13.3. The van der Waals surface area contributed by atoms with Crippen LogP contribution in [-0.4, -0.2) is 11.8 Å². The van der Waals surface area contributed by atoms with E-state index in [-0.39, 0.29) is 5.76 Å². The Hall–Kier alpha value is -4.02. The Bertz CT molecular complexity index is 1140. The highest BCUT2D eigenvalue weighted by Gasteiger charge is 2.34. The Labute approximate surface area is 182 Å². The lowest BCUT2D eigenvalue weighted by Crippen LogP contribution is -2.33. The second-order valence-corrected chi connectivity index (χ2v) is 6.67. The van der Waals surface area contributed by atoms with E-state index < -0.39 is 52.2 Å². The molecule has 2 amide bonds. The van der Waals surface area contributed by atoms with Crippen LogP contribution in [0.3, 0.4) is 0 Å². The van der Waals surface area contributed by atoms with E-state index in [0.717, 1.165) is 42.5 Å². The van der Waals surface area contributed by atoms with Crippen molar-refractivity contribution in [2.45, 2.75) is 12.4 Å². The standard InChI is InChI=1S/C22H14F6N2O3/c23-21(24,25)13-4-1-6-15(10-13)30(16-7-2-5-14(11-16)22(26,27)28)20(32)18(19(29)31)12-17-8-3-9-33-17/h1-12H,(H2,29,31). The van der Waals surface area contributed by atoms with E-state index >= 15 is 0 Å². The summed E-state index contributed by atoms with van der Waals surface area (Å²) in [6.45, 7) is 0. The molecule has 0 atom stereocenters. The molecule has 0 saturated carbocycles. The lowest BCUT2D eigenvalue weighted by Gasteiger charge is -2.25. The van der Waals surface area contributed by atoms with Crippen molar-refractivity contribution in [1.82, 2.24) is 0 Å². The molecule has 0 aliphatic rings. The average Bonchev–Trinajstić information content (AvgIpc) is 3.24. The maximum Gasteiger partial charge on any atom is 0.416 e. The molecule has 2 aromatic carbocycles. The SMILES string of the molecule is NC(=O)C(=Cc1ccco1)C(=O)N(c1cccc(C(F)(F)F)c1)c1cccc(C(F)(F)F)c1. The van der Waals surface area contributed by atoms with E-state index in [2.05, 4.69) is 0 Å². The van der Waals surface area contributed by atoms with Gasteiger partial charge in [0.1, 0.15) is 11.3 Å². The van der Waals surface area contributed by atoms with Gasteiger partial charge in [-0.3, -0.25) is 14.5 Å². The molecular formula is C22H14F6N2O3. The number of carbonyl (C=O) groups excluding carboxylic acids is 2. The van der Waals surface area contributed by atoms with Gasteiger partial charge < -0.3 is 10.2 Å². The van der Waals surface area contributed by atoms with E-state index in [0.29, 0.717) is 17.0 Å². The summed E-state index contributed by atoms with van der Waals surface area (Å²) in [5.41, 5.74) is 1.40. The van der Waals surface area contributed by atoms with E-state index in [1.807, 2.05) is 0 Å². The molecule has 0 saturated heterocycles. The van der Waals surface area contributed by atoms with E-state index in [9.17, 15) is 35.9 Å². The first-order valence-electron chi connectivity index (χ1n) is 9.12. The van der Waals surface area contributed by atoms with Crippen LogP contribution in [0, 0.1) is 0 Å². The smallest absolute Gasteiger partial charge is 0.416 e. The van der Waals surface area contributed by atoms with Crippen molar-refractivity contribution in [3.63, 3.8) is 0 Å². The molecule has 11 heteroatoms. The van der Waals surface area contributed by atoms with Gasteiger partial charge in [-0.25, -0.2) is 0 Å². The number of furan rings is 1. The van der Waals surface area contributed by atoms with Gasteiger partial charge in [0.05, 0.1) is 17.4 Å². The molecule has 172 valence electrons. The number of halogens is 6. The minimum absolute atomic E-state index is 0.0187. The first-order chi connectivity index (χ1) is 15.4. The van der Waals surface area contributed by atoms with Gasteiger partial charge in [-0.15, -0.1) is 0 Å². The quantitative estimate of drug-likeness (QED) is 0.231. The molecule has 0 bridgehead atoms. The number of amides is 2. The molecule has 3 aromatic rings. The molecular weight excluding hydrogens is 454 g/mol. The molecule has 0 aliphatic carbocycles. The number of benzene rings is 2. The van der Waals surface area contributed by atoms with Gasteiger partial charge in [0, 0.05) is 11.4 Å². The van der Waals surface area contributed by atoms with Crippen molar-refractivity contribution in [2.24, 2.45) is 5.73 Å². The Morgan fingerprint density at radius 1 is 0.818 bits per heavy atom. The van der Waals surface area contributed by atoms with Gasteiger partial charge in [-0.05, 0) is 54.6 Å². The summed E-state index contributed by atoms with van der Waals surface area (Å²) < 4.78 is 84.5. The fourth-order valence-corrected chi connectivity index (χ4v) is 2.90. The highest BCUT2D eigenvalue weighted by molar-refractivity contribution is 6.27. The first kappa shape index (κ1) is 23.6. The highest BCUT2D eigenvalue weighted by Crippen LogP contribution is 2.37. The number of carbonyl (C=O) groups is 2. The zero-order chi connectivity index (χ0) is 24.4. The highest BCUT2D eigenvalue weighted by atomic mass is 19.4. The van der Waals surface area contributed by atoms with Gasteiger partial charge in [-0.1, -0.05) is 12.1 Å². The molecule has 0 spiro atoms. The van der Waals surface area contributed by atoms with Gasteiger partial charge in [0.2, 0.25) is 0 Å². The van der Waals surface area contributed by atoms with Crippen LogP contribution in [0.2, 0.25) is 0 Å². The van der Waals surface area contributed by atoms with Crippen LogP contribution in [0.1, 0.15) is 16.9 Å². The number of alkyl halides is 6. The fraction of sp³-hybridized carbons (Fsp3) is 0.0909. The summed E-state index contributed by atoms with van der Waals surface area (Å²) in [7, 11) is 0. The van der Waals surface area contributed by atoms with E-state index in [4.69, 9.17) is 10.2 Å². The third kappa shape index (κ3) is 5.43. The van der Waals surface area contributed by atoms with Crippen LogP contribution >= 0.6 is 0 Å². The molecule has 1 aromatic heterocycles. The molecule has 1 heterocycles. The minimum Gasteiger partial charge on any atom is -0.465 e. The van der Waals surface area contributed by atoms with Crippen molar-refractivity contribution >= 4 is 29.3 Å². The number of hydrogen-bond acceptors (Lipinski definition) is 3. The number of rotatable bonds is 5. The minimum atomic E-state index is -4.80. The van der Waals surface area contributed by atoms with Gasteiger partial charge in [-0.2, -0.15) is 26.3 Å². The van der Waals surface area contributed by atoms with E-state index in [1.165, 1.54) is 18.4 Å². The fourth-order valence-electron chi connectivity index (χ4n) is 2.90. The van der Waals surface area contributed by atoms with Crippen LogP contribution in [-0.2, 0) is 21.9 Å². The summed E-state index contributed by atoms with van der Waals surface area (Å²) in [5, 5.41) is 0. The summed E-state index contributed by atoms with van der Waals surface area (Å²) >= 11 is 0. The van der Waals surface area contributed by atoms with Crippen LogP contribution in [0.15, 0.2) is 76.9 Å². The normalized spacial score (nSPS) is 12.5. The third-order valence-electron chi connectivity index (χ3n) is 4.39. The van der Waals surface area contributed by atoms with Crippen molar-refractivity contribution in [2.75, 3.05) is 4.90 Å². The molecule has 3 rings (SSSR count). The van der Waals surface area contributed by atoms with Crippen molar-refractivity contribution in [1.29, 1.82) is 0 Å². The van der Waals surface area contributed by atoms with Gasteiger partial charge in [0.25, 0.3) is 11.8 Å². The molecule has 0 aliphatic heterocycles. The summed E-state index contributed by atoms with van der Waals surface area (Å²) in [4.78, 5) is 25.8. The predicted molar refractivity (Wildman–Crippen MR) is 106 cm³/mol. The second kappa shape index (κ2) is 8.85. The van der Waals surface area contributed by atoms with Crippen LogP contribution < -0.4 is 10.6 Å². The summed E-state index contributed by atoms with van der Waals surface area (Å²) in [6.07, 6.45) is -7.42. The Morgan fingerprint density at radius 3 is 1.73 bits per heavy atom. The van der Waals surface area contributed by atoms with Crippen molar-refractivity contribution in [3.8, 4) is 0 Å². The van der Waals surface area contributed by atoms with E-state index in [1.54, 1.807) is 0 Å². The first-order valence-corrected chi connectivity index (χ1v) is 9.12. The Morgan fingerprint density at radius 2 is 1.33 bits per heavy atom. The number of anilines is 2. The van der Waals surface area contributed by atoms with Crippen molar-refractivity contribution < 1.29 is 40.3 Å². The van der Waals surface area contributed by atoms with Crippen LogP contribution in [0.4, 0.5) is 37.7 Å². The molecule has 0 unspecified atom stereocenters. The monoisotopic (exact) mass is 468 g/mol. The number of hydrogen-bond donors (Lipinski definition) is 1.